The number of fused-ring (bicyclic) bond motifs is 1. The van der Waals surface area contributed by atoms with Crippen LogP contribution in [0.15, 0.2) is 66.9 Å². The summed E-state index contributed by atoms with van der Waals surface area (Å²) in [6.07, 6.45) is 1.79. The van der Waals surface area contributed by atoms with E-state index in [1.807, 2.05) is 37.3 Å². The van der Waals surface area contributed by atoms with Gasteiger partial charge >= 0.3 is 0 Å². The Morgan fingerprint density at radius 2 is 1.78 bits per heavy atom. The van der Waals surface area contributed by atoms with E-state index in [4.69, 9.17) is 4.74 Å². The van der Waals surface area contributed by atoms with Crippen molar-refractivity contribution in [1.29, 1.82) is 0 Å². The molecule has 2 aromatic heterocycles. The highest BCUT2D eigenvalue weighted by atomic mass is 16.5. The topological polar surface area (TPSA) is 47.0 Å². The maximum atomic E-state index is 5.39. The summed E-state index contributed by atoms with van der Waals surface area (Å²) < 4.78 is 5.39. The summed E-state index contributed by atoms with van der Waals surface area (Å²) in [5.74, 6) is 0.841. The highest BCUT2D eigenvalue weighted by molar-refractivity contribution is 5.93. The predicted molar refractivity (Wildman–Crippen MR) is 111 cm³/mol. The summed E-state index contributed by atoms with van der Waals surface area (Å²) in [6, 6.07) is 20.6. The number of anilines is 2. The van der Waals surface area contributed by atoms with E-state index in [2.05, 4.69) is 52.5 Å². The minimum Gasteiger partial charge on any atom is -0.497 e. The molecule has 4 nitrogen and oxygen atoms in total. The van der Waals surface area contributed by atoms with Crippen molar-refractivity contribution in [3.8, 4) is 16.9 Å². The van der Waals surface area contributed by atoms with E-state index in [9.17, 15) is 0 Å². The largest absolute Gasteiger partial charge is 0.497 e. The van der Waals surface area contributed by atoms with Crippen LogP contribution in [0.4, 0.5) is 11.4 Å². The fraction of sp³-hybridized carbons (Fsp3) is 0.130. The van der Waals surface area contributed by atoms with Gasteiger partial charge in [0.25, 0.3) is 0 Å². The third kappa shape index (κ3) is 3.47. The van der Waals surface area contributed by atoms with Crippen molar-refractivity contribution in [2.24, 2.45) is 0 Å². The summed E-state index contributed by atoms with van der Waals surface area (Å²) in [7, 11) is 1.69. The first-order valence-corrected chi connectivity index (χ1v) is 8.88. The molecular weight excluding hydrogens is 334 g/mol. The number of methoxy groups -OCH3 is 1. The molecule has 0 aliphatic heterocycles. The molecule has 2 aromatic carbocycles. The van der Waals surface area contributed by atoms with Crippen LogP contribution in [-0.4, -0.2) is 17.1 Å². The second-order valence-corrected chi connectivity index (χ2v) is 6.59. The van der Waals surface area contributed by atoms with Crippen LogP contribution in [0.3, 0.4) is 0 Å². The zero-order valence-corrected chi connectivity index (χ0v) is 15.7. The normalized spacial score (nSPS) is 10.8. The molecule has 4 heteroatoms. The van der Waals surface area contributed by atoms with E-state index in [0.29, 0.717) is 0 Å². The molecule has 0 unspecified atom stereocenters. The average Bonchev–Trinajstić information content (AvgIpc) is 2.68. The van der Waals surface area contributed by atoms with Crippen LogP contribution in [0.1, 0.15) is 11.3 Å². The zero-order valence-electron chi connectivity index (χ0n) is 15.7. The number of pyridine rings is 2. The van der Waals surface area contributed by atoms with Gasteiger partial charge in [0.2, 0.25) is 0 Å². The first kappa shape index (κ1) is 17.0. The zero-order chi connectivity index (χ0) is 18.8. The Kier molecular flexibility index (Phi) is 4.47. The molecule has 27 heavy (non-hydrogen) atoms. The van der Waals surface area contributed by atoms with Gasteiger partial charge in [-0.15, -0.1) is 0 Å². The van der Waals surface area contributed by atoms with Gasteiger partial charge in [0.15, 0.2) is 5.65 Å². The summed E-state index contributed by atoms with van der Waals surface area (Å²) in [5, 5.41) is 4.59. The Morgan fingerprint density at radius 3 is 2.63 bits per heavy atom. The fourth-order valence-corrected chi connectivity index (χ4v) is 3.18. The lowest BCUT2D eigenvalue weighted by Gasteiger charge is -2.15. The quantitative estimate of drug-likeness (QED) is 0.513. The van der Waals surface area contributed by atoms with Crippen LogP contribution < -0.4 is 10.1 Å². The fourth-order valence-electron chi connectivity index (χ4n) is 3.18. The minimum atomic E-state index is 0.746. The second kappa shape index (κ2) is 7.08. The summed E-state index contributed by atoms with van der Waals surface area (Å²) >= 11 is 0. The van der Waals surface area contributed by atoms with E-state index in [1.54, 1.807) is 13.3 Å². The van der Waals surface area contributed by atoms with Gasteiger partial charge in [0, 0.05) is 28.5 Å². The molecule has 0 radical (unpaired) electrons. The molecule has 134 valence electrons. The van der Waals surface area contributed by atoms with Gasteiger partial charge in [-0.2, -0.15) is 0 Å². The Bertz CT molecular complexity index is 1120. The minimum absolute atomic E-state index is 0.746. The number of nitrogens with one attached hydrogen (secondary N) is 1. The molecule has 0 bridgehead atoms. The first-order valence-electron chi connectivity index (χ1n) is 8.88. The molecule has 0 saturated heterocycles. The lowest BCUT2D eigenvalue weighted by atomic mass is 10.0. The van der Waals surface area contributed by atoms with Crippen LogP contribution >= 0.6 is 0 Å². The van der Waals surface area contributed by atoms with Gasteiger partial charge in [0.05, 0.1) is 12.8 Å². The number of aromatic nitrogens is 2. The molecule has 0 amide bonds. The average molecular weight is 355 g/mol. The molecule has 0 fully saturated rings. The molecule has 0 spiro atoms. The molecule has 0 aliphatic rings. The summed E-state index contributed by atoms with van der Waals surface area (Å²) in [6.45, 7) is 4.07. The van der Waals surface area contributed by atoms with Crippen molar-refractivity contribution in [3.63, 3.8) is 0 Å². The van der Waals surface area contributed by atoms with Gasteiger partial charge in [-0.05, 0) is 61.4 Å². The van der Waals surface area contributed by atoms with Crippen molar-refractivity contribution >= 4 is 22.4 Å². The number of ether oxygens (including phenoxy) is 1. The SMILES string of the molecule is COc1cccc(-c2ccc(C)cc2Nc2ccnc3nc(C)ccc23)c1. The lowest BCUT2D eigenvalue weighted by Crippen LogP contribution is -1.97. The highest BCUT2D eigenvalue weighted by Crippen LogP contribution is 2.34. The van der Waals surface area contributed by atoms with E-state index in [-0.39, 0.29) is 0 Å². The van der Waals surface area contributed by atoms with Gasteiger partial charge in [-0.3, -0.25) is 0 Å². The maximum Gasteiger partial charge on any atom is 0.161 e. The number of hydrogen-bond donors (Lipinski definition) is 1. The molecule has 4 aromatic rings. The van der Waals surface area contributed by atoms with Crippen LogP contribution in [-0.2, 0) is 0 Å². The van der Waals surface area contributed by atoms with Crippen molar-refractivity contribution in [3.05, 3.63) is 78.1 Å². The number of aryl methyl sites for hydroxylation is 2. The van der Waals surface area contributed by atoms with Gasteiger partial charge in [0.1, 0.15) is 5.75 Å². The third-order valence-electron chi connectivity index (χ3n) is 4.57. The van der Waals surface area contributed by atoms with Crippen LogP contribution in [0.2, 0.25) is 0 Å². The van der Waals surface area contributed by atoms with Gasteiger partial charge in [-0.25, -0.2) is 9.97 Å². The molecule has 0 saturated carbocycles. The number of nitrogens with zero attached hydrogens (tertiary/aromatic N) is 2. The van der Waals surface area contributed by atoms with Crippen molar-refractivity contribution in [2.45, 2.75) is 13.8 Å². The van der Waals surface area contributed by atoms with E-state index in [1.165, 1.54) is 5.56 Å². The number of rotatable bonds is 4. The smallest absolute Gasteiger partial charge is 0.161 e. The van der Waals surface area contributed by atoms with Crippen LogP contribution in [0, 0.1) is 13.8 Å². The van der Waals surface area contributed by atoms with Crippen LogP contribution in [0.25, 0.3) is 22.2 Å². The Balaban J connectivity index is 1.82. The van der Waals surface area contributed by atoms with Crippen LogP contribution in [0.5, 0.6) is 5.75 Å². The molecule has 2 heterocycles. The first-order chi connectivity index (χ1) is 13.1. The lowest BCUT2D eigenvalue weighted by molar-refractivity contribution is 0.415. The maximum absolute atomic E-state index is 5.39. The van der Waals surface area contributed by atoms with E-state index < -0.39 is 0 Å². The van der Waals surface area contributed by atoms with Crippen molar-refractivity contribution in [2.75, 3.05) is 12.4 Å². The van der Waals surface area contributed by atoms with Gasteiger partial charge < -0.3 is 10.1 Å². The van der Waals surface area contributed by atoms with Gasteiger partial charge in [-0.1, -0.05) is 24.3 Å². The molecule has 4 rings (SSSR count). The Morgan fingerprint density at radius 1 is 0.889 bits per heavy atom. The Labute approximate surface area is 158 Å². The summed E-state index contributed by atoms with van der Waals surface area (Å²) in [5.41, 5.74) is 7.14. The molecular formula is C23H21N3O. The van der Waals surface area contributed by atoms with E-state index in [0.717, 1.165) is 45.0 Å². The standard InChI is InChI=1S/C23H21N3O/c1-15-7-9-19(17-5-4-6-18(14-17)27-3)22(13-15)26-21-11-12-24-23-20(21)10-8-16(2)25-23/h4-14H,1-3H3,(H,24,25,26). The third-order valence-corrected chi connectivity index (χ3v) is 4.57. The second-order valence-electron chi connectivity index (χ2n) is 6.59. The molecule has 0 aliphatic carbocycles. The molecule has 0 atom stereocenters. The molecule has 1 N–H and O–H groups in total. The van der Waals surface area contributed by atoms with E-state index >= 15 is 0 Å². The van der Waals surface area contributed by atoms with Crippen molar-refractivity contribution < 1.29 is 4.74 Å². The number of hydrogen-bond acceptors (Lipinski definition) is 4. The monoisotopic (exact) mass is 355 g/mol. The number of benzene rings is 2. The van der Waals surface area contributed by atoms with Crippen molar-refractivity contribution in [1.82, 2.24) is 9.97 Å². The predicted octanol–water partition coefficient (Wildman–Crippen LogP) is 5.67. The Hall–Kier alpha value is -3.40. The summed E-state index contributed by atoms with van der Waals surface area (Å²) in [4.78, 5) is 8.93. The highest BCUT2D eigenvalue weighted by Gasteiger charge is 2.10.